The van der Waals surface area contributed by atoms with Crippen molar-refractivity contribution in [3.8, 4) is 0 Å². The maximum atomic E-state index is 12.7. The van der Waals surface area contributed by atoms with Gasteiger partial charge in [0.15, 0.2) is 0 Å². The lowest BCUT2D eigenvalue weighted by Gasteiger charge is -2.37. The standard InChI is InChI=1S/C32H62O4/c1-4-7-9-17-21-25-29(32(6-3,31(35)36)28-24-20-10-8-5-2)26-22-18-15-13-11-12-14-16-19-23-27-30(33)34/h29H,4-28H2,1-3H3,(H,33,34)(H,35,36). The van der Waals surface area contributed by atoms with E-state index in [0.717, 1.165) is 51.4 Å². The summed E-state index contributed by atoms with van der Waals surface area (Å²) in [5.74, 6) is -0.902. The van der Waals surface area contributed by atoms with Crippen LogP contribution in [0.15, 0.2) is 0 Å². The van der Waals surface area contributed by atoms with Crippen molar-refractivity contribution in [2.75, 3.05) is 0 Å². The zero-order valence-corrected chi connectivity index (χ0v) is 24.5. The van der Waals surface area contributed by atoms with Crippen molar-refractivity contribution in [2.24, 2.45) is 11.3 Å². The molecule has 0 amide bonds. The van der Waals surface area contributed by atoms with Crippen LogP contribution in [0.1, 0.15) is 181 Å². The van der Waals surface area contributed by atoms with E-state index in [4.69, 9.17) is 5.11 Å². The average Bonchev–Trinajstić information content (AvgIpc) is 2.85. The molecule has 0 aliphatic rings. The molecule has 0 saturated heterocycles. The molecule has 36 heavy (non-hydrogen) atoms. The van der Waals surface area contributed by atoms with Crippen LogP contribution in [0, 0.1) is 11.3 Å². The molecule has 0 rings (SSSR count). The van der Waals surface area contributed by atoms with Gasteiger partial charge in [-0.25, -0.2) is 0 Å². The first-order valence-corrected chi connectivity index (χ1v) is 15.9. The summed E-state index contributed by atoms with van der Waals surface area (Å²) in [4.78, 5) is 23.2. The Labute approximate surface area is 224 Å². The topological polar surface area (TPSA) is 74.6 Å². The van der Waals surface area contributed by atoms with Gasteiger partial charge in [0.2, 0.25) is 0 Å². The van der Waals surface area contributed by atoms with Gasteiger partial charge in [-0.3, -0.25) is 9.59 Å². The zero-order valence-electron chi connectivity index (χ0n) is 24.5. The third-order valence-electron chi connectivity index (χ3n) is 8.41. The van der Waals surface area contributed by atoms with E-state index in [1.54, 1.807) is 0 Å². The molecule has 2 unspecified atom stereocenters. The molecule has 0 radical (unpaired) electrons. The van der Waals surface area contributed by atoms with Crippen LogP contribution in [-0.2, 0) is 9.59 Å². The maximum absolute atomic E-state index is 12.7. The minimum atomic E-state index is -0.680. The minimum Gasteiger partial charge on any atom is -0.481 e. The highest BCUT2D eigenvalue weighted by atomic mass is 16.4. The first kappa shape index (κ1) is 34.9. The van der Waals surface area contributed by atoms with Crippen LogP contribution in [0.4, 0.5) is 0 Å². The van der Waals surface area contributed by atoms with Gasteiger partial charge in [-0.15, -0.1) is 0 Å². The van der Waals surface area contributed by atoms with E-state index in [1.165, 1.54) is 103 Å². The van der Waals surface area contributed by atoms with E-state index in [-0.39, 0.29) is 0 Å². The summed E-state index contributed by atoms with van der Waals surface area (Å²) in [6.45, 7) is 6.59. The van der Waals surface area contributed by atoms with Gasteiger partial charge in [-0.05, 0) is 38.0 Å². The van der Waals surface area contributed by atoms with E-state index in [1.807, 2.05) is 0 Å². The van der Waals surface area contributed by atoms with Gasteiger partial charge in [0.05, 0.1) is 5.41 Å². The number of rotatable bonds is 28. The molecule has 0 heterocycles. The lowest BCUT2D eigenvalue weighted by molar-refractivity contribution is -0.154. The largest absolute Gasteiger partial charge is 0.481 e. The van der Waals surface area contributed by atoms with Crippen molar-refractivity contribution in [1.82, 2.24) is 0 Å². The summed E-state index contributed by atoms with van der Waals surface area (Å²) in [6.07, 6.45) is 28.0. The van der Waals surface area contributed by atoms with Crippen molar-refractivity contribution >= 4 is 11.9 Å². The Balaban J connectivity index is 4.53. The second-order valence-corrected chi connectivity index (χ2v) is 11.3. The molecule has 0 aliphatic carbocycles. The van der Waals surface area contributed by atoms with Gasteiger partial charge in [0, 0.05) is 6.42 Å². The number of carboxylic acid groups (broad SMARTS) is 2. The second kappa shape index (κ2) is 24.3. The molecular formula is C32H62O4. The molecule has 4 nitrogen and oxygen atoms in total. The fourth-order valence-corrected chi connectivity index (χ4v) is 5.92. The fraction of sp³-hybridized carbons (Fsp3) is 0.938. The van der Waals surface area contributed by atoms with E-state index in [9.17, 15) is 14.7 Å². The predicted octanol–water partition coefficient (Wildman–Crippen LogP) is 10.6. The minimum absolute atomic E-state index is 0.305. The molecule has 0 spiro atoms. The second-order valence-electron chi connectivity index (χ2n) is 11.3. The van der Waals surface area contributed by atoms with Crippen molar-refractivity contribution in [3.05, 3.63) is 0 Å². The lowest BCUT2D eigenvalue weighted by Crippen LogP contribution is -2.38. The van der Waals surface area contributed by atoms with Crippen molar-refractivity contribution in [3.63, 3.8) is 0 Å². The van der Waals surface area contributed by atoms with Crippen molar-refractivity contribution in [1.29, 1.82) is 0 Å². The fourth-order valence-electron chi connectivity index (χ4n) is 5.92. The summed E-state index contributed by atoms with van der Waals surface area (Å²) >= 11 is 0. The Bertz CT molecular complexity index is 518. The average molecular weight is 511 g/mol. The number of hydrogen-bond acceptors (Lipinski definition) is 2. The molecule has 0 aromatic heterocycles. The third-order valence-corrected chi connectivity index (χ3v) is 8.41. The smallest absolute Gasteiger partial charge is 0.309 e. The quantitative estimate of drug-likeness (QED) is 0.103. The maximum Gasteiger partial charge on any atom is 0.309 e. The Morgan fingerprint density at radius 1 is 0.556 bits per heavy atom. The van der Waals surface area contributed by atoms with Crippen LogP contribution in [0.2, 0.25) is 0 Å². The van der Waals surface area contributed by atoms with Crippen LogP contribution in [0.25, 0.3) is 0 Å². The normalized spacial score (nSPS) is 14.0. The SMILES string of the molecule is CCCCCCCC(CCCCCCCCCCCCC(=O)O)C(CC)(CCCCCCC)C(=O)O. The number of carbonyl (C=O) groups is 2. The molecule has 0 aromatic rings. The Kier molecular flexibility index (Phi) is 23.6. The van der Waals surface area contributed by atoms with Crippen LogP contribution >= 0.6 is 0 Å². The summed E-state index contributed by atoms with van der Waals surface area (Å²) < 4.78 is 0. The zero-order chi connectivity index (χ0) is 26.9. The molecule has 0 bridgehead atoms. The molecular weight excluding hydrogens is 448 g/mol. The molecule has 0 aromatic carbocycles. The van der Waals surface area contributed by atoms with Crippen LogP contribution in [0.5, 0.6) is 0 Å². The number of hydrogen-bond donors (Lipinski definition) is 2. The first-order valence-electron chi connectivity index (χ1n) is 15.9. The number of carboxylic acids is 2. The van der Waals surface area contributed by atoms with Crippen molar-refractivity contribution < 1.29 is 19.8 Å². The first-order chi connectivity index (χ1) is 17.4. The molecule has 0 saturated carbocycles. The van der Waals surface area contributed by atoms with Gasteiger partial charge in [-0.2, -0.15) is 0 Å². The summed E-state index contributed by atoms with van der Waals surface area (Å²) in [5.41, 5.74) is -0.530. The van der Waals surface area contributed by atoms with E-state index in [2.05, 4.69) is 20.8 Å². The summed E-state index contributed by atoms with van der Waals surface area (Å²) in [6, 6.07) is 0. The van der Waals surface area contributed by atoms with E-state index in [0.29, 0.717) is 12.3 Å². The van der Waals surface area contributed by atoms with Crippen LogP contribution in [-0.4, -0.2) is 22.2 Å². The van der Waals surface area contributed by atoms with Gasteiger partial charge in [0.1, 0.15) is 0 Å². The number of aliphatic carboxylic acids is 2. The van der Waals surface area contributed by atoms with E-state index < -0.39 is 17.4 Å². The third kappa shape index (κ3) is 17.4. The monoisotopic (exact) mass is 510 g/mol. The van der Waals surface area contributed by atoms with Crippen molar-refractivity contribution in [2.45, 2.75) is 181 Å². The molecule has 0 aliphatic heterocycles. The lowest BCUT2D eigenvalue weighted by atomic mass is 9.66. The Morgan fingerprint density at radius 3 is 1.33 bits per heavy atom. The van der Waals surface area contributed by atoms with Gasteiger partial charge >= 0.3 is 11.9 Å². The highest BCUT2D eigenvalue weighted by molar-refractivity contribution is 5.75. The molecule has 2 atom stereocenters. The highest BCUT2D eigenvalue weighted by Crippen LogP contribution is 2.43. The summed E-state index contributed by atoms with van der Waals surface area (Å²) in [7, 11) is 0. The van der Waals surface area contributed by atoms with Crippen LogP contribution < -0.4 is 0 Å². The van der Waals surface area contributed by atoms with Crippen LogP contribution in [0.3, 0.4) is 0 Å². The van der Waals surface area contributed by atoms with Gasteiger partial charge in [-0.1, -0.05) is 143 Å². The molecule has 2 N–H and O–H groups in total. The van der Waals surface area contributed by atoms with Gasteiger partial charge in [0.25, 0.3) is 0 Å². The molecule has 0 fully saturated rings. The summed E-state index contributed by atoms with van der Waals surface area (Å²) in [5, 5.41) is 19.1. The number of unbranched alkanes of at least 4 members (excludes halogenated alkanes) is 17. The molecule has 214 valence electrons. The Morgan fingerprint density at radius 2 is 0.944 bits per heavy atom. The molecule has 4 heteroatoms. The van der Waals surface area contributed by atoms with E-state index >= 15 is 0 Å². The predicted molar refractivity (Wildman–Crippen MR) is 154 cm³/mol. The van der Waals surface area contributed by atoms with Gasteiger partial charge < -0.3 is 10.2 Å². The Hall–Kier alpha value is -1.06. The highest BCUT2D eigenvalue weighted by Gasteiger charge is 2.42.